The number of nitrogens with one attached hydrogen (secondary N) is 1. The van der Waals surface area contributed by atoms with Crippen LogP contribution in [0.5, 0.6) is 5.75 Å². The van der Waals surface area contributed by atoms with E-state index in [1.54, 1.807) is 12.0 Å². The number of amides is 2. The summed E-state index contributed by atoms with van der Waals surface area (Å²) in [4.78, 5) is 25.4. The second-order valence-corrected chi connectivity index (χ2v) is 5.95. The van der Waals surface area contributed by atoms with E-state index >= 15 is 0 Å². The molecule has 0 heterocycles. The van der Waals surface area contributed by atoms with E-state index in [2.05, 4.69) is 5.32 Å². The molecule has 0 aliphatic heterocycles. The normalized spacial score (nSPS) is 10.4. The maximum Gasteiger partial charge on any atom is 0.251 e. The summed E-state index contributed by atoms with van der Waals surface area (Å²) in [5.41, 5.74) is 1.01. The predicted molar refractivity (Wildman–Crippen MR) is 97.6 cm³/mol. The molecule has 27 heavy (non-hydrogen) atoms. The quantitative estimate of drug-likeness (QED) is 0.771. The largest absolute Gasteiger partial charge is 0.496 e. The van der Waals surface area contributed by atoms with Gasteiger partial charge in [-0.05, 0) is 36.2 Å². The Morgan fingerprint density at radius 3 is 2.48 bits per heavy atom. The number of rotatable bonds is 8. The number of hydrogen-bond donors (Lipinski definition) is 1. The molecule has 0 bridgehead atoms. The Bertz CT molecular complexity index is 812. The molecule has 5 nitrogen and oxygen atoms in total. The molecule has 2 amide bonds. The summed E-state index contributed by atoms with van der Waals surface area (Å²) < 4.78 is 31.4. The monoisotopic (exact) mass is 376 g/mol. The van der Waals surface area contributed by atoms with E-state index in [1.807, 2.05) is 24.3 Å². The van der Waals surface area contributed by atoms with E-state index in [1.165, 1.54) is 13.0 Å². The first-order valence-corrected chi connectivity index (χ1v) is 8.53. The Balaban J connectivity index is 1.88. The summed E-state index contributed by atoms with van der Waals surface area (Å²) in [5.74, 6) is -1.97. The van der Waals surface area contributed by atoms with Crippen LogP contribution in [0.4, 0.5) is 8.78 Å². The lowest BCUT2D eigenvalue weighted by Crippen LogP contribution is -2.38. The standard InChI is InChI=1S/C20H22F2N2O3/c1-14(25)24(11-9-15-5-3-4-6-19(15)27-2)12-10-23-20(26)16-7-8-17(21)18(22)13-16/h3-8,13H,9-12H2,1-2H3,(H,23,26). The molecule has 0 aliphatic rings. The van der Waals surface area contributed by atoms with Crippen LogP contribution < -0.4 is 10.1 Å². The number of methoxy groups -OCH3 is 1. The third kappa shape index (κ3) is 5.77. The van der Waals surface area contributed by atoms with Gasteiger partial charge < -0.3 is 15.0 Å². The highest BCUT2D eigenvalue weighted by Crippen LogP contribution is 2.18. The minimum Gasteiger partial charge on any atom is -0.496 e. The van der Waals surface area contributed by atoms with Crippen molar-refractivity contribution in [2.75, 3.05) is 26.7 Å². The topological polar surface area (TPSA) is 58.6 Å². The molecule has 1 N–H and O–H groups in total. The van der Waals surface area contributed by atoms with Gasteiger partial charge in [0, 0.05) is 32.1 Å². The van der Waals surface area contributed by atoms with Gasteiger partial charge in [0.2, 0.25) is 5.91 Å². The van der Waals surface area contributed by atoms with Crippen molar-refractivity contribution in [2.24, 2.45) is 0 Å². The van der Waals surface area contributed by atoms with Gasteiger partial charge in [0.05, 0.1) is 7.11 Å². The van der Waals surface area contributed by atoms with Crippen molar-refractivity contribution in [1.82, 2.24) is 10.2 Å². The summed E-state index contributed by atoms with van der Waals surface area (Å²) in [6.45, 7) is 2.43. The number of halogens is 2. The van der Waals surface area contributed by atoms with Crippen LogP contribution in [0.25, 0.3) is 0 Å². The fraction of sp³-hybridized carbons (Fsp3) is 0.300. The molecule has 0 radical (unpaired) electrons. The van der Waals surface area contributed by atoms with E-state index < -0.39 is 17.5 Å². The SMILES string of the molecule is COc1ccccc1CCN(CCNC(=O)c1ccc(F)c(F)c1)C(C)=O. The lowest BCUT2D eigenvalue weighted by atomic mass is 10.1. The second-order valence-electron chi connectivity index (χ2n) is 5.95. The summed E-state index contributed by atoms with van der Waals surface area (Å²) >= 11 is 0. The lowest BCUT2D eigenvalue weighted by Gasteiger charge is -2.22. The Morgan fingerprint density at radius 1 is 1.07 bits per heavy atom. The van der Waals surface area contributed by atoms with Crippen molar-refractivity contribution >= 4 is 11.8 Å². The van der Waals surface area contributed by atoms with Gasteiger partial charge in [-0.2, -0.15) is 0 Å². The van der Waals surface area contributed by atoms with E-state index in [9.17, 15) is 18.4 Å². The molecule has 2 aromatic carbocycles. The fourth-order valence-corrected chi connectivity index (χ4v) is 2.64. The van der Waals surface area contributed by atoms with Crippen molar-refractivity contribution in [2.45, 2.75) is 13.3 Å². The summed E-state index contributed by atoms with van der Waals surface area (Å²) in [5, 5.41) is 2.61. The van der Waals surface area contributed by atoms with Crippen molar-refractivity contribution in [3.8, 4) is 5.75 Å². The minimum atomic E-state index is -1.08. The number of ether oxygens (including phenoxy) is 1. The van der Waals surface area contributed by atoms with Gasteiger partial charge in [-0.3, -0.25) is 9.59 Å². The molecule has 0 fully saturated rings. The van der Waals surface area contributed by atoms with Gasteiger partial charge in [0.15, 0.2) is 11.6 Å². The molecule has 0 atom stereocenters. The number of nitrogens with zero attached hydrogens (tertiary/aromatic N) is 1. The fourth-order valence-electron chi connectivity index (χ4n) is 2.64. The summed E-state index contributed by atoms with van der Waals surface area (Å²) in [7, 11) is 1.59. The molecule has 2 aromatic rings. The van der Waals surface area contributed by atoms with E-state index in [0.717, 1.165) is 23.4 Å². The predicted octanol–water partition coefficient (Wildman–Crippen LogP) is 2.79. The molecule has 7 heteroatoms. The maximum atomic E-state index is 13.2. The van der Waals surface area contributed by atoms with Crippen LogP contribution in [0.3, 0.4) is 0 Å². The van der Waals surface area contributed by atoms with Crippen molar-refractivity contribution in [3.63, 3.8) is 0 Å². The highest BCUT2D eigenvalue weighted by molar-refractivity contribution is 5.94. The number of benzene rings is 2. The first-order valence-electron chi connectivity index (χ1n) is 8.53. The van der Waals surface area contributed by atoms with Crippen LogP contribution in [0, 0.1) is 11.6 Å². The Hall–Kier alpha value is -2.96. The molecular weight excluding hydrogens is 354 g/mol. The number of hydrogen-bond acceptors (Lipinski definition) is 3. The smallest absolute Gasteiger partial charge is 0.251 e. The molecule has 0 unspecified atom stereocenters. The van der Waals surface area contributed by atoms with Gasteiger partial charge in [-0.1, -0.05) is 18.2 Å². The van der Waals surface area contributed by atoms with Crippen LogP contribution in [-0.2, 0) is 11.2 Å². The number of para-hydroxylation sites is 1. The van der Waals surface area contributed by atoms with E-state index in [-0.39, 0.29) is 18.0 Å². The maximum absolute atomic E-state index is 13.2. The Morgan fingerprint density at radius 2 is 1.81 bits per heavy atom. The van der Waals surface area contributed by atoms with Crippen LogP contribution in [0.1, 0.15) is 22.8 Å². The molecule has 0 aliphatic carbocycles. The molecule has 2 rings (SSSR count). The van der Waals surface area contributed by atoms with Crippen molar-refractivity contribution < 1.29 is 23.1 Å². The molecule has 144 valence electrons. The lowest BCUT2D eigenvalue weighted by molar-refractivity contribution is -0.128. The average molecular weight is 376 g/mol. The zero-order chi connectivity index (χ0) is 19.8. The molecule has 0 saturated heterocycles. The van der Waals surface area contributed by atoms with Gasteiger partial charge in [-0.25, -0.2) is 8.78 Å². The first kappa shape index (κ1) is 20.4. The molecule has 0 aromatic heterocycles. The zero-order valence-corrected chi connectivity index (χ0v) is 15.3. The number of carbonyl (C=O) groups is 2. The van der Waals surface area contributed by atoms with E-state index in [4.69, 9.17) is 4.74 Å². The average Bonchev–Trinajstić information content (AvgIpc) is 2.66. The highest BCUT2D eigenvalue weighted by Gasteiger charge is 2.13. The minimum absolute atomic E-state index is 0.0253. The Kier molecular flexibility index (Phi) is 7.28. The second kappa shape index (κ2) is 9.66. The molecular formula is C20H22F2N2O3. The molecule has 0 saturated carbocycles. The highest BCUT2D eigenvalue weighted by atomic mass is 19.2. The third-order valence-corrected chi connectivity index (χ3v) is 4.14. The first-order chi connectivity index (χ1) is 12.9. The van der Waals surface area contributed by atoms with E-state index in [0.29, 0.717) is 19.5 Å². The van der Waals surface area contributed by atoms with Crippen molar-refractivity contribution in [1.29, 1.82) is 0 Å². The number of carbonyl (C=O) groups excluding carboxylic acids is 2. The zero-order valence-electron chi connectivity index (χ0n) is 15.3. The van der Waals surface area contributed by atoms with Crippen LogP contribution in [0.15, 0.2) is 42.5 Å². The third-order valence-electron chi connectivity index (χ3n) is 4.14. The van der Waals surface area contributed by atoms with Crippen molar-refractivity contribution in [3.05, 3.63) is 65.2 Å². The van der Waals surface area contributed by atoms with Gasteiger partial charge in [-0.15, -0.1) is 0 Å². The van der Waals surface area contributed by atoms with Gasteiger partial charge in [0.1, 0.15) is 5.75 Å². The Labute approximate surface area is 156 Å². The van der Waals surface area contributed by atoms with Crippen LogP contribution in [0.2, 0.25) is 0 Å². The molecule has 0 spiro atoms. The summed E-state index contributed by atoms with van der Waals surface area (Å²) in [6.07, 6.45) is 0.612. The van der Waals surface area contributed by atoms with Gasteiger partial charge in [0.25, 0.3) is 5.91 Å². The van der Waals surface area contributed by atoms with Crippen LogP contribution >= 0.6 is 0 Å². The summed E-state index contributed by atoms with van der Waals surface area (Å²) in [6, 6.07) is 10.5. The van der Waals surface area contributed by atoms with Crippen LogP contribution in [-0.4, -0.2) is 43.5 Å². The van der Waals surface area contributed by atoms with Gasteiger partial charge >= 0.3 is 0 Å².